The Labute approximate surface area is 156 Å². The molecule has 3 aromatic rings. The summed E-state index contributed by atoms with van der Waals surface area (Å²) in [6, 6.07) is 9.00. The monoisotopic (exact) mass is 362 g/mol. The Morgan fingerprint density at radius 3 is 3.04 bits per heavy atom. The Morgan fingerprint density at radius 1 is 1.33 bits per heavy atom. The van der Waals surface area contributed by atoms with Crippen LogP contribution >= 0.6 is 0 Å². The highest BCUT2D eigenvalue weighted by Gasteiger charge is 2.50. The van der Waals surface area contributed by atoms with Gasteiger partial charge in [0.15, 0.2) is 5.82 Å². The Hall–Kier alpha value is -2.60. The highest BCUT2D eigenvalue weighted by Crippen LogP contribution is 2.57. The van der Waals surface area contributed by atoms with Crippen LogP contribution in [0, 0.1) is 5.41 Å². The van der Waals surface area contributed by atoms with Gasteiger partial charge in [-0.05, 0) is 49.9 Å². The van der Waals surface area contributed by atoms with Gasteiger partial charge in [0.05, 0.1) is 17.3 Å². The molecule has 1 aromatic carbocycles. The third kappa shape index (κ3) is 1.88. The summed E-state index contributed by atoms with van der Waals surface area (Å²) in [7, 11) is 0. The normalized spacial score (nSPS) is 26.9. The standard InChI is InChI=1S/C21H22N4O2/c1-2-21-9-5-10-24-11-8-14-13-6-3-4-7-15(13)25(17(14)18(21)24)16(12-21)19-22-20(26)27-23-19/h3-4,6-7,12,18H,2,5,8-11H2,1H3,(H,22,23,26)/t18-,21?/m1/s1. The summed E-state index contributed by atoms with van der Waals surface area (Å²) >= 11 is 0. The number of hydrogen-bond donors (Lipinski definition) is 1. The summed E-state index contributed by atoms with van der Waals surface area (Å²) in [6.45, 7) is 4.57. The maximum atomic E-state index is 11.7. The van der Waals surface area contributed by atoms with Crippen molar-refractivity contribution in [3.63, 3.8) is 0 Å². The summed E-state index contributed by atoms with van der Waals surface area (Å²) in [4.78, 5) is 17.1. The number of nitrogens with zero attached hydrogens (tertiary/aromatic N) is 3. The van der Waals surface area contributed by atoms with Gasteiger partial charge in [0.25, 0.3) is 0 Å². The highest BCUT2D eigenvalue weighted by atomic mass is 16.5. The second-order valence-corrected chi connectivity index (χ2v) is 8.07. The molecule has 2 atom stereocenters. The predicted molar refractivity (Wildman–Crippen MR) is 102 cm³/mol. The molecule has 2 aromatic heterocycles. The zero-order valence-corrected chi connectivity index (χ0v) is 15.4. The maximum Gasteiger partial charge on any atom is 0.439 e. The van der Waals surface area contributed by atoms with Crippen LogP contribution < -0.4 is 5.76 Å². The number of aromatic amines is 1. The fraction of sp³-hybridized carbons (Fsp3) is 0.429. The van der Waals surface area contributed by atoms with Crippen LogP contribution in [-0.4, -0.2) is 32.7 Å². The fourth-order valence-electron chi connectivity index (χ4n) is 5.79. The number of para-hydroxylation sites is 1. The van der Waals surface area contributed by atoms with Gasteiger partial charge in [-0.2, -0.15) is 0 Å². The number of fused-ring (bicyclic) bond motifs is 3. The number of benzene rings is 1. The van der Waals surface area contributed by atoms with Crippen molar-refractivity contribution in [2.45, 2.75) is 38.6 Å². The lowest BCUT2D eigenvalue weighted by Gasteiger charge is -2.53. The van der Waals surface area contributed by atoms with E-state index in [2.05, 4.69) is 56.9 Å². The molecule has 1 unspecified atom stereocenters. The van der Waals surface area contributed by atoms with E-state index >= 15 is 0 Å². The molecule has 1 fully saturated rings. The van der Waals surface area contributed by atoms with E-state index in [4.69, 9.17) is 4.52 Å². The van der Waals surface area contributed by atoms with Crippen LogP contribution in [0.3, 0.4) is 0 Å². The molecule has 3 aliphatic rings. The molecule has 5 heterocycles. The number of rotatable bonds is 2. The average Bonchev–Trinajstić information content (AvgIpc) is 3.28. The van der Waals surface area contributed by atoms with Gasteiger partial charge in [-0.15, -0.1) is 0 Å². The smallest absolute Gasteiger partial charge is 0.308 e. The van der Waals surface area contributed by atoms with Crippen LogP contribution in [0.4, 0.5) is 0 Å². The van der Waals surface area contributed by atoms with Crippen LogP contribution in [0.15, 0.2) is 39.7 Å². The van der Waals surface area contributed by atoms with Crippen molar-refractivity contribution in [1.82, 2.24) is 19.6 Å². The van der Waals surface area contributed by atoms with Crippen molar-refractivity contribution in [3.8, 4) is 0 Å². The van der Waals surface area contributed by atoms with E-state index in [1.165, 1.54) is 28.6 Å². The Morgan fingerprint density at radius 2 is 2.22 bits per heavy atom. The SMILES string of the molecule is CCC12C=C(c3noc(=O)[nH]3)n3c4c(c5ccccc53)CCN(CCC1)[C@H]42. The van der Waals surface area contributed by atoms with Gasteiger partial charge in [0, 0.05) is 23.0 Å². The molecule has 0 bridgehead atoms. The minimum atomic E-state index is -0.505. The van der Waals surface area contributed by atoms with Crippen molar-refractivity contribution in [2.75, 3.05) is 13.1 Å². The van der Waals surface area contributed by atoms with Gasteiger partial charge >= 0.3 is 5.76 Å². The van der Waals surface area contributed by atoms with Gasteiger partial charge in [-0.1, -0.05) is 30.3 Å². The maximum absolute atomic E-state index is 11.7. The molecule has 6 heteroatoms. The van der Waals surface area contributed by atoms with E-state index in [0.29, 0.717) is 11.9 Å². The Bertz CT molecular complexity index is 1150. The lowest BCUT2D eigenvalue weighted by Crippen LogP contribution is -2.50. The first kappa shape index (κ1) is 15.5. The van der Waals surface area contributed by atoms with E-state index in [-0.39, 0.29) is 5.41 Å². The molecular formula is C21H22N4O2. The van der Waals surface area contributed by atoms with Crippen LogP contribution in [0.5, 0.6) is 0 Å². The number of hydrogen-bond acceptors (Lipinski definition) is 4. The molecule has 6 rings (SSSR count). The predicted octanol–water partition coefficient (Wildman–Crippen LogP) is 3.31. The lowest BCUT2D eigenvalue weighted by atomic mass is 9.66. The number of nitrogens with one attached hydrogen (secondary N) is 1. The summed E-state index contributed by atoms with van der Waals surface area (Å²) in [5.74, 6) is 0.0201. The van der Waals surface area contributed by atoms with Gasteiger partial charge < -0.3 is 4.57 Å². The second-order valence-electron chi connectivity index (χ2n) is 8.07. The van der Waals surface area contributed by atoms with E-state index in [0.717, 1.165) is 38.0 Å². The molecule has 0 aliphatic carbocycles. The first-order valence-electron chi connectivity index (χ1n) is 9.88. The minimum Gasteiger partial charge on any atom is -0.308 e. The first-order chi connectivity index (χ1) is 13.2. The third-order valence-electron chi connectivity index (χ3n) is 6.93. The van der Waals surface area contributed by atoms with Gasteiger partial charge in [-0.25, -0.2) is 4.79 Å². The van der Waals surface area contributed by atoms with Crippen molar-refractivity contribution < 1.29 is 4.52 Å². The quantitative estimate of drug-likeness (QED) is 0.759. The molecular weight excluding hydrogens is 340 g/mol. The molecule has 0 spiro atoms. The van der Waals surface area contributed by atoms with E-state index < -0.39 is 5.76 Å². The van der Waals surface area contributed by atoms with Crippen LogP contribution in [0.1, 0.15) is 49.3 Å². The van der Waals surface area contributed by atoms with Crippen LogP contribution in [-0.2, 0) is 6.42 Å². The molecule has 1 saturated heterocycles. The molecule has 27 heavy (non-hydrogen) atoms. The molecule has 3 aliphatic heterocycles. The molecule has 138 valence electrons. The second kappa shape index (κ2) is 5.23. The largest absolute Gasteiger partial charge is 0.439 e. The van der Waals surface area contributed by atoms with Crippen LogP contribution in [0.25, 0.3) is 16.6 Å². The zero-order chi connectivity index (χ0) is 18.2. The summed E-state index contributed by atoms with van der Waals surface area (Å²) < 4.78 is 7.19. The van der Waals surface area contributed by atoms with E-state index in [1.807, 2.05) is 0 Å². The number of aromatic nitrogens is 3. The Kier molecular flexibility index (Phi) is 2.99. The summed E-state index contributed by atoms with van der Waals surface area (Å²) in [5, 5.41) is 5.37. The van der Waals surface area contributed by atoms with Crippen molar-refractivity contribution in [1.29, 1.82) is 0 Å². The van der Waals surface area contributed by atoms with Crippen LogP contribution in [0.2, 0.25) is 0 Å². The molecule has 6 nitrogen and oxygen atoms in total. The first-order valence-corrected chi connectivity index (χ1v) is 9.88. The zero-order valence-electron chi connectivity index (χ0n) is 15.4. The average molecular weight is 362 g/mol. The number of H-pyrrole nitrogens is 1. The Balaban J connectivity index is 1.75. The topological polar surface area (TPSA) is 67.1 Å². The van der Waals surface area contributed by atoms with E-state index in [1.54, 1.807) is 0 Å². The lowest BCUT2D eigenvalue weighted by molar-refractivity contribution is 0.0271. The number of piperidine rings is 1. The van der Waals surface area contributed by atoms with Crippen molar-refractivity contribution in [2.24, 2.45) is 5.41 Å². The molecule has 1 N–H and O–H groups in total. The van der Waals surface area contributed by atoms with E-state index in [9.17, 15) is 4.79 Å². The summed E-state index contributed by atoms with van der Waals surface area (Å²) in [6.07, 6.45) is 6.88. The van der Waals surface area contributed by atoms with Gasteiger partial charge in [0.1, 0.15) is 0 Å². The van der Waals surface area contributed by atoms with Gasteiger partial charge in [0.2, 0.25) is 0 Å². The fourth-order valence-corrected chi connectivity index (χ4v) is 5.79. The molecule has 0 radical (unpaired) electrons. The highest BCUT2D eigenvalue weighted by molar-refractivity contribution is 5.91. The van der Waals surface area contributed by atoms with Crippen molar-refractivity contribution >= 4 is 16.6 Å². The molecule has 0 amide bonds. The van der Waals surface area contributed by atoms with Crippen molar-refractivity contribution in [3.05, 3.63) is 58.0 Å². The molecule has 0 saturated carbocycles. The third-order valence-corrected chi connectivity index (χ3v) is 6.93. The minimum absolute atomic E-state index is 0.0724. The summed E-state index contributed by atoms with van der Waals surface area (Å²) in [5.41, 5.74) is 5.08. The van der Waals surface area contributed by atoms with Gasteiger partial charge in [-0.3, -0.25) is 14.4 Å².